The molecule has 6 heteroatoms. The van der Waals surface area contributed by atoms with Crippen molar-refractivity contribution < 1.29 is 9.53 Å². The highest BCUT2D eigenvalue weighted by molar-refractivity contribution is 6.32. The molecule has 2 aromatic rings. The smallest absolute Gasteiger partial charge is 0.317 e. The Morgan fingerprint density at radius 1 is 1.07 bits per heavy atom. The number of hydrogen-bond donors (Lipinski definition) is 1. The van der Waals surface area contributed by atoms with Crippen LogP contribution in [-0.4, -0.2) is 50.3 Å². The quantitative estimate of drug-likeness (QED) is 0.735. The molecule has 0 unspecified atom stereocenters. The Hall–Kier alpha value is -2.40. The lowest BCUT2D eigenvalue weighted by atomic mass is 10.1. The van der Waals surface area contributed by atoms with Crippen molar-refractivity contribution in [2.24, 2.45) is 0 Å². The lowest BCUT2D eigenvalue weighted by molar-refractivity contribution is 0.193. The molecule has 0 spiro atoms. The number of benzene rings is 2. The minimum absolute atomic E-state index is 0.00152. The third-order valence-electron chi connectivity index (χ3n) is 5.18. The summed E-state index contributed by atoms with van der Waals surface area (Å²) in [6.45, 7) is 8.57. The number of hydrogen-bond acceptors (Lipinski definition) is 3. The summed E-state index contributed by atoms with van der Waals surface area (Å²) in [6, 6.07) is 13.8. The first-order chi connectivity index (χ1) is 13.6. The fourth-order valence-corrected chi connectivity index (χ4v) is 3.54. The van der Waals surface area contributed by atoms with Crippen molar-refractivity contribution >= 4 is 23.3 Å². The van der Waals surface area contributed by atoms with E-state index in [0.717, 1.165) is 32.6 Å². The standard InChI is InChI=1S/C22H28ClN3O2/c1-17-7-5-9-20(18(17)2)25-12-14-26(15-13-25)22(27)24-11-6-16-28-21-10-4-3-8-19(21)23/h3-5,7-10H,6,11-16H2,1-2H3,(H,24,27). The van der Waals surface area contributed by atoms with Crippen LogP contribution < -0.4 is 15.0 Å². The molecule has 2 aromatic carbocycles. The Labute approximate surface area is 172 Å². The zero-order valence-electron chi connectivity index (χ0n) is 16.6. The normalized spacial score (nSPS) is 14.1. The fourth-order valence-electron chi connectivity index (χ4n) is 3.35. The maximum Gasteiger partial charge on any atom is 0.317 e. The van der Waals surface area contributed by atoms with Crippen molar-refractivity contribution in [1.82, 2.24) is 10.2 Å². The van der Waals surface area contributed by atoms with Crippen molar-refractivity contribution in [3.05, 3.63) is 58.6 Å². The number of halogens is 1. The number of urea groups is 1. The number of anilines is 1. The largest absolute Gasteiger partial charge is 0.492 e. The van der Waals surface area contributed by atoms with Crippen molar-refractivity contribution in [2.75, 3.05) is 44.2 Å². The van der Waals surface area contributed by atoms with Crippen LogP contribution in [-0.2, 0) is 0 Å². The van der Waals surface area contributed by atoms with Crippen molar-refractivity contribution in [2.45, 2.75) is 20.3 Å². The molecule has 2 amide bonds. The average Bonchev–Trinajstić information content (AvgIpc) is 2.71. The third kappa shape index (κ3) is 5.10. The Kier molecular flexibility index (Phi) is 7.04. The third-order valence-corrected chi connectivity index (χ3v) is 5.49. The van der Waals surface area contributed by atoms with Gasteiger partial charge in [-0.05, 0) is 49.6 Å². The monoisotopic (exact) mass is 401 g/mol. The van der Waals surface area contributed by atoms with Crippen LogP contribution in [0.4, 0.5) is 10.5 Å². The molecule has 1 fully saturated rings. The average molecular weight is 402 g/mol. The van der Waals surface area contributed by atoms with Crippen LogP contribution in [0.15, 0.2) is 42.5 Å². The van der Waals surface area contributed by atoms with Gasteiger partial charge >= 0.3 is 6.03 Å². The molecule has 1 saturated heterocycles. The highest BCUT2D eigenvalue weighted by Crippen LogP contribution is 2.24. The Bertz CT molecular complexity index is 804. The SMILES string of the molecule is Cc1cccc(N2CCN(C(=O)NCCCOc3ccccc3Cl)CC2)c1C. The first kappa shape index (κ1) is 20.3. The first-order valence-electron chi connectivity index (χ1n) is 9.77. The summed E-state index contributed by atoms with van der Waals surface area (Å²) < 4.78 is 5.64. The summed E-state index contributed by atoms with van der Waals surface area (Å²) in [5.74, 6) is 0.679. The molecule has 0 aromatic heterocycles. The number of ether oxygens (including phenoxy) is 1. The Morgan fingerprint density at radius 2 is 1.82 bits per heavy atom. The number of piperazine rings is 1. The van der Waals surface area contributed by atoms with Gasteiger partial charge in [-0.25, -0.2) is 4.79 Å². The topological polar surface area (TPSA) is 44.8 Å². The molecule has 0 saturated carbocycles. The summed E-state index contributed by atoms with van der Waals surface area (Å²) in [5, 5.41) is 3.59. The van der Waals surface area contributed by atoms with E-state index < -0.39 is 0 Å². The number of para-hydroxylation sites is 1. The van der Waals surface area contributed by atoms with Crippen LogP contribution in [0, 0.1) is 13.8 Å². The summed E-state index contributed by atoms with van der Waals surface area (Å²) in [5.41, 5.74) is 3.90. The molecule has 0 atom stereocenters. The molecular weight excluding hydrogens is 374 g/mol. The molecule has 1 heterocycles. The Morgan fingerprint density at radius 3 is 2.57 bits per heavy atom. The lowest BCUT2D eigenvalue weighted by Gasteiger charge is -2.37. The molecular formula is C22H28ClN3O2. The van der Waals surface area contributed by atoms with Crippen LogP contribution in [0.3, 0.4) is 0 Å². The van der Waals surface area contributed by atoms with Gasteiger partial charge in [0.05, 0.1) is 11.6 Å². The summed E-state index contributed by atoms with van der Waals surface area (Å²) in [4.78, 5) is 16.6. The highest BCUT2D eigenvalue weighted by Gasteiger charge is 2.22. The van der Waals surface area contributed by atoms with E-state index in [2.05, 4.69) is 42.3 Å². The molecule has 0 radical (unpaired) electrons. The molecule has 150 valence electrons. The van der Waals surface area contributed by atoms with Gasteiger partial charge < -0.3 is 19.9 Å². The van der Waals surface area contributed by atoms with Crippen LogP contribution in [0.2, 0.25) is 5.02 Å². The second-order valence-electron chi connectivity index (χ2n) is 7.06. The number of rotatable bonds is 6. The number of nitrogens with one attached hydrogen (secondary N) is 1. The van der Waals surface area contributed by atoms with E-state index in [1.807, 2.05) is 23.1 Å². The van der Waals surface area contributed by atoms with Crippen LogP contribution in [0.1, 0.15) is 17.5 Å². The molecule has 3 rings (SSSR count). The van der Waals surface area contributed by atoms with E-state index in [4.69, 9.17) is 16.3 Å². The lowest BCUT2D eigenvalue weighted by Crippen LogP contribution is -2.52. The number of carbonyl (C=O) groups is 1. The zero-order chi connectivity index (χ0) is 19.9. The van der Waals surface area contributed by atoms with Gasteiger partial charge in [-0.15, -0.1) is 0 Å². The van der Waals surface area contributed by atoms with Crippen LogP contribution >= 0.6 is 11.6 Å². The number of amides is 2. The molecule has 1 aliphatic heterocycles. The van der Waals surface area contributed by atoms with E-state index in [1.54, 1.807) is 6.07 Å². The Balaban J connectivity index is 1.37. The van der Waals surface area contributed by atoms with E-state index in [0.29, 0.717) is 23.9 Å². The summed E-state index contributed by atoms with van der Waals surface area (Å²) >= 11 is 6.06. The van der Waals surface area contributed by atoms with Gasteiger partial charge in [-0.1, -0.05) is 35.9 Å². The van der Waals surface area contributed by atoms with Gasteiger partial charge in [0.2, 0.25) is 0 Å². The maximum absolute atomic E-state index is 12.4. The number of nitrogens with zero attached hydrogens (tertiary/aromatic N) is 2. The molecule has 5 nitrogen and oxygen atoms in total. The van der Waals surface area contributed by atoms with Gasteiger partial charge in [0.1, 0.15) is 5.75 Å². The zero-order valence-corrected chi connectivity index (χ0v) is 17.3. The fraction of sp³-hybridized carbons (Fsp3) is 0.409. The summed E-state index contributed by atoms with van der Waals surface area (Å²) in [7, 11) is 0. The maximum atomic E-state index is 12.4. The van der Waals surface area contributed by atoms with Gasteiger partial charge in [0.15, 0.2) is 0 Å². The predicted octanol–water partition coefficient (Wildman–Crippen LogP) is 4.26. The van der Waals surface area contributed by atoms with E-state index in [-0.39, 0.29) is 6.03 Å². The van der Waals surface area contributed by atoms with E-state index >= 15 is 0 Å². The van der Waals surface area contributed by atoms with Crippen LogP contribution in [0.5, 0.6) is 5.75 Å². The predicted molar refractivity (Wildman–Crippen MR) is 115 cm³/mol. The van der Waals surface area contributed by atoms with Crippen LogP contribution in [0.25, 0.3) is 0 Å². The van der Waals surface area contributed by atoms with E-state index in [9.17, 15) is 4.79 Å². The number of aryl methyl sites for hydroxylation is 1. The molecule has 0 bridgehead atoms. The molecule has 1 N–H and O–H groups in total. The van der Waals surface area contributed by atoms with Gasteiger partial charge in [-0.3, -0.25) is 0 Å². The van der Waals surface area contributed by atoms with Gasteiger partial charge in [0.25, 0.3) is 0 Å². The molecule has 1 aliphatic rings. The number of carbonyl (C=O) groups excluding carboxylic acids is 1. The van der Waals surface area contributed by atoms with E-state index in [1.165, 1.54) is 16.8 Å². The molecule has 0 aliphatic carbocycles. The minimum Gasteiger partial charge on any atom is -0.492 e. The van der Waals surface area contributed by atoms with Crippen molar-refractivity contribution in [1.29, 1.82) is 0 Å². The molecule has 28 heavy (non-hydrogen) atoms. The summed E-state index contributed by atoms with van der Waals surface area (Å²) in [6.07, 6.45) is 0.736. The van der Waals surface area contributed by atoms with Gasteiger partial charge in [0, 0.05) is 38.4 Å². The van der Waals surface area contributed by atoms with Crippen molar-refractivity contribution in [3.8, 4) is 5.75 Å². The second-order valence-corrected chi connectivity index (χ2v) is 7.46. The minimum atomic E-state index is -0.00152. The second kappa shape index (κ2) is 9.69. The van der Waals surface area contributed by atoms with Crippen molar-refractivity contribution in [3.63, 3.8) is 0 Å². The highest BCUT2D eigenvalue weighted by atomic mass is 35.5. The first-order valence-corrected chi connectivity index (χ1v) is 10.2. The van der Waals surface area contributed by atoms with Gasteiger partial charge in [-0.2, -0.15) is 0 Å².